The van der Waals surface area contributed by atoms with Gasteiger partial charge >= 0.3 is 5.69 Å². The van der Waals surface area contributed by atoms with Crippen LogP contribution in [0, 0.1) is 5.92 Å². The first-order valence-corrected chi connectivity index (χ1v) is 4.82. The zero-order chi connectivity index (χ0) is 10.8. The number of rotatable bonds is 4. The third-order valence-electron chi connectivity index (χ3n) is 2.42. The molecule has 1 rings (SSSR count). The van der Waals surface area contributed by atoms with Gasteiger partial charge in [-0.3, -0.25) is 4.57 Å². The quantitative estimate of drug-likeness (QED) is 0.730. The zero-order valence-electron chi connectivity index (χ0n) is 8.95. The summed E-state index contributed by atoms with van der Waals surface area (Å²) in [5.41, 5.74) is 5.18. The Morgan fingerprint density at radius 2 is 2.36 bits per heavy atom. The molecule has 0 aliphatic carbocycles. The van der Waals surface area contributed by atoms with Crippen LogP contribution in [0.15, 0.2) is 11.1 Å². The minimum absolute atomic E-state index is 0.196. The van der Waals surface area contributed by atoms with E-state index in [9.17, 15) is 4.79 Å². The maximum absolute atomic E-state index is 11.4. The van der Waals surface area contributed by atoms with Crippen LogP contribution in [0.3, 0.4) is 0 Å². The maximum Gasteiger partial charge on any atom is 0.343 e. The van der Waals surface area contributed by atoms with E-state index < -0.39 is 0 Å². The fraction of sp³-hybridized carbons (Fsp3) is 0.778. The molecular weight excluding hydrogens is 180 g/mol. The molecule has 0 radical (unpaired) electrons. The molecule has 80 valence electrons. The number of hydrogen-bond acceptors (Lipinski definition) is 3. The first-order chi connectivity index (χ1) is 6.49. The van der Waals surface area contributed by atoms with Gasteiger partial charge in [0, 0.05) is 6.54 Å². The second kappa shape index (κ2) is 3.96. The smallest absolute Gasteiger partial charge is 0.328 e. The number of hydrogen-bond donors (Lipinski definition) is 2. The molecule has 5 heteroatoms. The van der Waals surface area contributed by atoms with Crippen molar-refractivity contribution in [2.24, 2.45) is 11.7 Å². The first kappa shape index (κ1) is 11.0. The molecule has 0 aliphatic rings. The van der Waals surface area contributed by atoms with Crippen molar-refractivity contribution < 1.29 is 0 Å². The average Bonchev–Trinajstić information content (AvgIpc) is 2.50. The van der Waals surface area contributed by atoms with Crippen LogP contribution in [0.4, 0.5) is 0 Å². The Balaban J connectivity index is 3.01. The predicted octanol–water partition coefficient (Wildman–Crippen LogP) is 0.291. The standard InChI is InChI=1S/C9H18N4O/c1-7(2)4-9(3,5-10)13-6-11-12-8(13)14/h6-7H,4-5,10H2,1-3H3,(H,12,14). The Morgan fingerprint density at radius 1 is 1.71 bits per heavy atom. The summed E-state index contributed by atoms with van der Waals surface area (Å²) in [5, 5.41) is 6.10. The summed E-state index contributed by atoms with van der Waals surface area (Å²) in [7, 11) is 0. The highest BCUT2D eigenvalue weighted by molar-refractivity contribution is 4.86. The van der Waals surface area contributed by atoms with Gasteiger partial charge in [0.25, 0.3) is 0 Å². The van der Waals surface area contributed by atoms with E-state index >= 15 is 0 Å². The Labute approximate surface area is 83.3 Å². The lowest BCUT2D eigenvalue weighted by Crippen LogP contribution is -2.44. The monoisotopic (exact) mass is 198 g/mol. The van der Waals surface area contributed by atoms with E-state index in [1.165, 1.54) is 6.33 Å². The minimum atomic E-state index is -0.335. The van der Waals surface area contributed by atoms with E-state index in [1.807, 2.05) is 6.92 Å². The lowest BCUT2D eigenvalue weighted by atomic mass is 9.90. The first-order valence-electron chi connectivity index (χ1n) is 4.82. The van der Waals surface area contributed by atoms with Crippen LogP contribution in [-0.2, 0) is 5.54 Å². The molecule has 0 bridgehead atoms. The van der Waals surface area contributed by atoms with Gasteiger partial charge in [0.2, 0.25) is 0 Å². The van der Waals surface area contributed by atoms with E-state index in [4.69, 9.17) is 5.73 Å². The minimum Gasteiger partial charge on any atom is -0.328 e. The van der Waals surface area contributed by atoms with Crippen molar-refractivity contribution >= 4 is 0 Å². The number of aromatic nitrogens is 3. The molecule has 5 nitrogen and oxygen atoms in total. The third kappa shape index (κ3) is 2.04. The van der Waals surface area contributed by atoms with E-state index in [0.717, 1.165) is 6.42 Å². The van der Waals surface area contributed by atoms with E-state index in [1.54, 1.807) is 4.57 Å². The van der Waals surface area contributed by atoms with E-state index in [0.29, 0.717) is 12.5 Å². The largest absolute Gasteiger partial charge is 0.343 e. The summed E-state index contributed by atoms with van der Waals surface area (Å²) < 4.78 is 1.58. The van der Waals surface area contributed by atoms with Crippen LogP contribution >= 0.6 is 0 Å². The maximum atomic E-state index is 11.4. The molecule has 0 fully saturated rings. The van der Waals surface area contributed by atoms with Gasteiger partial charge in [-0.25, -0.2) is 9.89 Å². The zero-order valence-corrected chi connectivity index (χ0v) is 8.95. The van der Waals surface area contributed by atoms with Gasteiger partial charge in [0.15, 0.2) is 0 Å². The number of nitrogens with two attached hydrogens (primary N) is 1. The fourth-order valence-corrected chi connectivity index (χ4v) is 1.79. The van der Waals surface area contributed by atoms with Crippen LogP contribution in [-0.4, -0.2) is 21.3 Å². The van der Waals surface area contributed by atoms with Crippen molar-refractivity contribution in [3.63, 3.8) is 0 Å². The number of nitrogens with zero attached hydrogens (tertiary/aromatic N) is 2. The Morgan fingerprint density at radius 3 is 2.71 bits per heavy atom. The van der Waals surface area contributed by atoms with E-state index in [-0.39, 0.29) is 11.2 Å². The topological polar surface area (TPSA) is 76.7 Å². The Hall–Kier alpha value is -1.10. The Kier molecular flexibility index (Phi) is 3.10. The van der Waals surface area contributed by atoms with Gasteiger partial charge in [-0.15, -0.1) is 0 Å². The summed E-state index contributed by atoms with van der Waals surface area (Å²) in [6, 6.07) is 0. The molecule has 0 spiro atoms. The summed E-state index contributed by atoms with van der Waals surface area (Å²) in [6.07, 6.45) is 2.38. The van der Waals surface area contributed by atoms with Gasteiger partial charge in [-0.2, -0.15) is 5.10 Å². The lowest BCUT2D eigenvalue weighted by Gasteiger charge is -2.30. The molecule has 0 amide bonds. The molecule has 0 saturated carbocycles. The van der Waals surface area contributed by atoms with Crippen molar-refractivity contribution in [2.75, 3.05) is 6.54 Å². The van der Waals surface area contributed by atoms with Crippen molar-refractivity contribution in [3.8, 4) is 0 Å². The van der Waals surface area contributed by atoms with E-state index in [2.05, 4.69) is 24.0 Å². The predicted molar refractivity (Wildman–Crippen MR) is 55.0 cm³/mol. The molecule has 0 saturated heterocycles. The molecule has 1 aromatic heterocycles. The molecule has 1 aromatic rings. The van der Waals surface area contributed by atoms with Gasteiger partial charge < -0.3 is 5.73 Å². The molecule has 0 aromatic carbocycles. The average molecular weight is 198 g/mol. The third-order valence-corrected chi connectivity index (χ3v) is 2.42. The summed E-state index contributed by atoms with van der Waals surface area (Å²) >= 11 is 0. The number of nitrogens with one attached hydrogen (secondary N) is 1. The van der Waals surface area contributed by atoms with Gasteiger partial charge in [0.05, 0.1) is 5.54 Å². The Bertz CT molecular complexity index is 341. The van der Waals surface area contributed by atoms with Crippen molar-refractivity contribution in [2.45, 2.75) is 32.7 Å². The summed E-state index contributed by atoms with van der Waals surface area (Å²) in [6.45, 7) is 6.63. The van der Waals surface area contributed by atoms with Gasteiger partial charge in [0.1, 0.15) is 6.33 Å². The van der Waals surface area contributed by atoms with Crippen molar-refractivity contribution in [3.05, 3.63) is 16.8 Å². The van der Waals surface area contributed by atoms with Crippen molar-refractivity contribution in [1.82, 2.24) is 14.8 Å². The molecule has 14 heavy (non-hydrogen) atoms. The highest BCUT2D eigenvalue weighted by atomic mass is 16.1. The number of H-pyrrole nitrogens is 1. The van der Waals surface area contributed by atoms with Gasteiger partial charge in [-0.1, -0.05) is 13.8 Å². The SMILES string of the molecule is CC(C)CC(C)(CN)n1cn[nH]c1=O. The van der Waals surface area contributed by atoms with Crippen LogP contribution < -0.4 is 11.4 Å². The number of aromatic amines is 1. The highest BCUT2D eigenvalue weighted by Crippen LogP contribution is 2.21. The molecule has 3 N–H and O–H groups in total. The fourth-order valence-electron chi connectivity index (χ4n) is 1.79. The highest BCUT2D eigenvalue weighted by Gasteiger charge is 2.27. The van der Waals surface area contributed by atoms with Crippen LogP contribution in [0.2, 0.25) is 0 Å². The summed E-state index contributed by atoms with van der Waals surface area (Å²) in [5.74, 6) is 0.491. The second-order valence-electron chi connectivity index (χ2n) is 4.33. The molecule has 0 aliphatic heterocycles. The van der Waals surface area contributed by atoms with Crippen molar-refractivity contribution in [1.29, 1.82) is 0 Å². The van der Waals surface area contributed by atoms with Crippen LogP contribution in [0.5, 0.6) is 0 Å². The summed E-state index contributed by atoms with van der Waals surface area (Å²) in [4.78, 5) is 11.4. The lowest BCUT2D eigenvalue weighted by molar-refractivity contribution is 0.258. The molecule has 1 unspecified atom stereocenters. The normalized spacial score (nSPS) is 15.8. The molecule has 1 heterocycles. The second-order valence-corrected chi connectivity index (χ2v) is 4.33. The van der Waals surface area contributed by atoms with Crippen LogP contribution in [0.25, 0.3) is 0 Å². The molecular formula is C9H18N4O. The molecule has 1 atom stereocenters. The van der Waals surface area contributed by atoms with Gasteiger partial charge in [-0.05, 0) is 19.3 Å². The van der Waals surface area contributed by atoms with Crippen LogP contribution in [0.1, 0.15) is 27.2 Å².